The Bertz CT molecular complexity index is 117. The normalized spacial score (nSPS) is 14.0. The first kappa shape index (κ1) is 8.26. The van der Waals surface area contributed by atoms with E-state index in [0.717, 1.165) is 0 Å². The average molecular weight is 141 g/mol. The Balaban J connectivity index is 4.14. The molecule has 0 aliphatic rings. The summed E-state index contributed by atoms with van der Waals surface area (Å²) < 4.78 is 34.3. The highest BCUT2D eigenvalue weighted by molar-refractivity contribution is 5.88. The molecule has 0 saturated heterocycles. The van der Waals surface area contributed by atoms with E-state index < -0.39 is 11.9 Å². The van der Waals surface area contributed by atoms with Crippen molar-refractivity contribution in [2.24, 2.45) is 5.16 Å². The highest BCUT2D eigenvalue weighted by atomic mass is 19.4. The van der Waals surface area contributed by atoms with Gasteiger partial charge in [-0.2, -0.15) is 13.2 Å². The molecule has 0 amide bonds. The standard InChI is InChI=1S/C4H6F3NO/c1-2-3(8-9)4(5,6)7/h9H,2H2,1H3. The van der Waals surface area contributed by atoms with Gasteiger partial charge in [0, 0.05) is 0 Å². The van der Waals surface area contributed by atoms with Crippen LogP contribution in [0.3, 0.4) is 0 Å². The molecule has 0 unspecified atom stereocenters. The zero-order valence-corrected chi connectivity index (χ0v) is 4.74. The van der Waals surface area contributed by atoms with E-state index >= 15 is 0 Å². The van der Waals surface area contributed by atoms with E-state index in [-0.39, 0.29) is 6.42 Å². The lowest BCUT2D eigenvalue weighted by atomic mass is 10.3. The number of rotatable bonds is 1. The molecule has 1 N–H and O–H groups in total. The molecule has 0 heterocycles. The molecular formula is C4H6F3NO. The van der Waals surface area contributed by atoms with Crippen LogP contribution in [0.25, 0.3) is 0 Å². The van der Waals surface area contributed by atoms with Gasteiger partial charge in [0.2, 0.25) is 0 Å². The summed E-state index contributed by atoms with van der Waals surface area (Å²) in [6.45, 7) is 1.27. The van der Waals surface area contributed by atoms with E-state index in [1.165, 1.54) is 6.92 Å². The van der Waals surface area contributed by atoms with Crippen molar-refractivity contribution < 1.29 is 18.4 Å². The number of nitrogens with zero attached hydrogens (tertiary/aromatic N) is 1. The summed E-state index contributed by atoms with van der Waals surface area (Å²) in [4.78, 5) is 0. The van der Waals surface area contributed by atoms with Crippen LogP contribution in [0.1, 0.15) is 13.3 Å². The molecule has 54 valence electrons. The predicted molar refractivity (Wildman–Crippen MR) is 25.6 cm³/mol. The Morgan fingerprint density at radius 1 is 1.56 bits per heavy atom. The Hall–Kier alpha value is -0.740. The van der Waals surface area contributed by atoms with E-state index in [4.69, 9.17) is 5.21 Å². The third-order valence-corrected chi connectivity index (χ3v) is 0.783. The van der Waals surface area contributed by atoms with E-state index in [9.17, 15) is 13.2 Å². The molecule has 0 aromatic rings. The fourth-order valence-corrected chi connectivity index (χ4v) is 0.328. The first-order valence-electron chi connectivity index (χ1n) is 2.30. The van der Waals surface area contributed by atoms with Gasteiger partial charge >= 0.3 is 6.18 Å². The van der Waals surface area contributed by atoms with Crippen molar-refractivity contribution in [2.75, 3.05) is 0 Å². The number of hydrogen-bond donors (Lipinski definition) is 1. The second-order valence-corrected chi connectivity index (χ2v) is 1.40. The summed E-state index contributed by atoms with van der Waals surface area (Å²) in [5, 5.41) is 9.80. The van der Waals surface area contributed by atoms with Crippen molar-refractivity contribution in [1.82, 2.24) is 0 Å². The SMILES string of the molecule is CCC(=NO)C(F)(F)F. The highest BCUT2D eigenvalue weighted by Crippen LogP contribution is 2.18. The molecule has 0 radical (unpaired) electrons. The van der Waals surface area contributed by atoms with E-state index in [1.807, 2.05) is 0 Å². The van der Waals surface area contributed by atoms with Gasteiger partial charge in [0.1, 0.15) is 0 Å². The molecule has 0 atom stereocenters. The third-order valence-electron chi connectivity index (χ3n) is 0.783. The molecule has 0 aromatic heterocycles. The van der Waals surface area contributed by atoms with Gasteiger partial charge in [-0.1, -0.05) is 12.1 Å². The van der Waals surface area contributed by atoms with E-state index in [2.05, 4.69) is 5.16 Å². The van der Waals surface area contributed by atoms with Crippen molar-refractivity contribution in [2.45, 2.75) is 19.5 Å². The Morgan fingerprint density at radius 3 is 2.00 bits per heavy atom. The van der Waals surface area contributed by atoms with Crippen LogP contribution in [0.5, 0.6) is 0 Å². The maximum atomic E-state index is 11.4. The zero-order chi connectivity index (χ0) is 7.49. The van der Waals surface area contributed by atoms with Gasteiger partial charge in [-0.05, 0) is 6.42 Å². The first-order chi connectivity index (χ1) is 4.02. The van der Waals surface area contributed by atoms with Crippen LogP contribution in [0.2, 0.25) is 0 Å². The lowest BCUT2D eigenvalue weighted by Crippen LogP contribution is -2.21. The predicted octanol–water partition coefficient (Wildman–Crippen LogP) is 1.79. The minimum atomic E-state index is -4.48. The second kappa shape index (κ2) is 2.70. The topological polar surface area (TPSA) is 32.6 Å². The van der Waals surface area contributed by atoms with Gasteiger partial charge in [-0.25, -0.2) is 0 Å². The quantitative estimate of drug-likeness (QED) is 0.337. The Kier molecular flexibility index (Phi) is 2.48. The molecule has 5 heteroatoms. The first-order valence-corrected chi connectivity index (χ1v) is 2.30. The van der Waals surface area contributed by atoms with Crippen molar-refractivity contribution in [1.29, 1.82) is 0 Å². The van der Waals surface area contributed by atoms with Crippen LogP contribution in [0.4, 0.5) is 13.2 Å². The van der Waals surface area contributed by atoms with Crippen molar-refractivity contribution >= 4 is 5.71 Å². The van der Waals surface area contributed by atoms with Crippen molar-refractivity contribution in [3.8, 4) is 0 Å². The molecule has 0 aliphatic carbocycles. The molecule has 9 heavy (non-hydrogen) atoms. The minimum Gasteiger partial charge on any atom is -0.411 e. The van der Waals surface area contributed by atoms with Gasteiger partial charge in [0.25, 0.3) is 0 Å². The fourth-order valence-electron chi connectivity index (χ4n) is 0.328. The number of hydrogen-bond acceptors (Lipinski definition) is 2. The monoisotopic (exact) mass is 141 g/mol. The molecule has 0 fully saturated rings. The van der Waals surface area contributed by atoms with Crippen LogP contribution < -0.4 is 0 Å². The van der Waals surface area contributed by atoms with Gasteiger partial charge in [-0.3, -0.25) is 0 Å². The molecule has 0 spiro atoms. The number of oxime groups is 1. The van der Waals surface area contributed by atoms with E-state index in [1.54, 1.807) is 0 Å². The minimum absolute atomic E-state index is 0.306. The molecule has 0 rings (SSSR count). The van der Waals surface area contributed by atoms with E-state index in [0.29, 0.717) is 0 Å². The number of alkyl halides is 3. The molecule has 0 saturated carbocycles. The lowest BCUT2D eigenvalue weighted by molar-refractivity contribution is -0.0624. The molecule has 2 nitrogen and oxygen atoms in total. The summed E-state index contributed by atoms with van der Waals surface area (Å²) in [6, 6.07) is 0. The zero-order valence-electron chi connectivity index (χ0n) is 4.74. The van der Waals surface area contributed by atoms with Crippen molar-refractivity contribution in [3.05, 3.63) is 0 Å². The maximum absolute atomic E-state index is 11.4. The molecule has 0 bridgehead atoms. The summed E-state index contributed by atoms with van der Waals surface area (Å²) in [6.07, 6.45) is -4.79. The second-order valence-electron chi connectivity index (χ2n) is 1.40. The van der Waals surface area contributed by atoms with Crippen LogP contribution in [0.15, 0.2) is 5.16 Å². The van der Waals surface area contributed by atoms with Gasteiger partial charge in [0.05, 0.1) is 0 Å². The largest absolute Gasteiger partial charge is 0.432 e. The van der Waals surface area contributed by atoms with Crippen LogP contribution in [-0.4, -0.2) is 17.1 Å². The van der Waals surface area contributed by atoms with Crippen molar-refractivity contribution in [3.63, 3.8) is 0 Å². The van der Waals surface area contributed by atoms with Crippen LogP contribution >= 0.6 is 0 Å². The summed E-state index contributed by atoms with van der Waals surface area (Å²) in [5.74, 6) is 0. The average Bonchev–Trinajstić information content (AvgIpc) is 1.65. The number of halogens is 3. The smallest absolute Gasteiger partial charge is 0.411 e. The summed E-state index contributed by atoms with van der Waals surface area (Å²) in [7, 11) is 0. The van der Waals surface area contributed by atoms with Gasteiger partial charge in [0.15, 0.2) is 5.71 Å². The Morgan fingerprint density at radius 2 is 2.00 bits per heavy atom. The lowest BCUT2D eigenvalue weighted by Gasteiger charge is -2.03. The summed E-state index contributed by atoms with van der Waals surface area (Å²) in [5.41, 5.74) is -1.15. The van der Waals surface area contributed by atoms with Gasteiger partial charge < -0.3 is 5.21 Å². The summed E-state index contributed by atoms with van der Waals surface area (Å²) >= 11 is 0. The van der Waals surface area contributed by atoms with Gasteiger partial charge in [-0.15, -0.1) is 0 Å². The molecule has 0 aromatic carbocycles. The molecular weight excluding hydrogens is 135 g/mol. The third kappa shape index (κ3) is 2.34. The molecule has 0 aliphatic heterocycles. The van der Waals surface area contributed by atoms with Crippen LogP contribution in [0, 0.1) is 0 Å². The maximum Gasteiger partial charge on any atom is 0.432 e. The van der Waals surface area contributed by atoms with Crippen LogP contribution in [-0.2, 0) is 0 Å². The Labute approximate surface area is 50.0 Å². The highest BCUT2D eigenvalue weighted by Gasteiger charge is 2.34. The fraction of sp³-hybridized carbons (Fsp3) is 0.750.